The fourth-order valence-corrected chi connectivity index (χ4v) is 9.88. The summed E-state index contributed by atoms with van der Waals surface area (Å²) in [4.78, 5) is 11.1. The predicted octanol–water partition coefficient (Wildman–Crippen LogP) is 12.9. The topological polar surface area (TPSA) is 53.2 Å². The van der Waals surface area contributed by atoms with Gasteiger partial charge in [-0.1, -0.05) is 109 Å². The van der Waals surface area contributed by atoms with Crippen molar-refractivity contribution >= 4 is 115 Å². The van der Waals surface area contributed by atoms with Crippen LogP contribution in [0.2, 0.25) is 0 Å². The number of rotatable bonds is 2. The fourth-order valence-electron chi connectivity index (χ4n) is 9.88. The zero-order chi connectivity index (χ0) is 36.2. The zero-order valence-corrected chi connectivity index (χ0v) is 29.7. The Morgan fingerprint density at radius 1 is 0.393 bits per heavy atom. The van der Waals surface area contributed by atoms with E-state index >= 15 is 0 Å². The van der Waals surface area contributed by atoms with Gasteiger partial charge < -0.3 is 8.82 Å². The van der Waals surface area contributed by atoms with Crippen LogP contribution < -0.4 is 0 Å². The van der Waals surface area contributed by atoms with Gasteiger partial charge >= 0.3 is 0 Å². The monoisotopic (exact) mass is 713 g/mol. The average molecular weight is 714 g/mol. The molecule has 6 heterocycles. The number of hydrogen-bond acceptors (Lipinski definition) is 3. The second kappa shape index (κ2) is 10.1. The molecule has 0 atom stereocenters. The van der Waals surface area contributed by atoms with E-state index < -0.39 is 0 Å². The highest BCUT2D eigenvalue weighted by Gasteiger charge is 2.27. The molecule has 0 fully saturated rings. The van der Waals surface area contributed by atoms with Crippen LogP contribution in [0.15, 0.2) is 168 Å². The summed E-state index contributed by atoms with van der Waals surface area (Å²) in [5.41, 5.74) is 10.1. The second-order valence-corrected chi connectivity index (χ2v) is 15.0. The van der Waals surface area contributed by atoms with Crippen LogP contribution in [-0.2, 0) is 0 Å². The van der Waals surface area contributed by atoms with E-state index in [2.05, 4.69) is 165 Å². The third-order valence-electron chi connectivity index (χ3n) is 12.1. The van der Waals surface area contributed by atoms with Crippen LogP contribution >= 0.6 is 0 Å². The van der Waals surface area contributed by atoms with Crippen LogP contribution in [0.5, 0.6) is 0 Å². The lowest BCUT2D eigenvalue weighted by molar-refractivity contribution is 0.661. The molecule has 0 N–H and O–H groups in total. The first kappa shape index (κ1) is 28.8. The quantitative estimate of drug-likeness (QED) is 0.179. The van der Waals surface area contributed by atoms with Crippen LogP contribution in [0, 0.1) is 0 Å². The number of fused-ring (bicyclic) bond motifs is 17. The average Bonchev–Trinajstić information content (AvgIpc) is 4.04. The Morgan fingerprint density at radius 2 is 0.964 bits per heavy atom. The molecule has 0 aliphatic carbocycles. The maximum atomic E-state index is 6.73. The van der Waals surface area contributed by atoms with E-state index in [9.17, 15) is 0 Å². The van der Waals surface area contributed by atoms with Crippen molar-refractivity contribution < 1.29 is 4.42 Å². The Balaban J connectivity index is 1.23. The van der Waals surface area contributed by atoms with Gasteiger partial charge in [-0.3, -0.25) is 9.13 Å². The number of para-hydroxylation sites is 5. The van der Waals surface area contributed by atoms with Gasteiger partial charge in [0.05, 0.1) is 38.6 Å². The first-order valence-electron chi connectivity index (χ1n) is 19.0. The Kier molecular flexibility index (Phi) is 5.18. The van der Waals surface area contributed by atoms with Gasteiger partial charge in [-0.15, -0.1) is 0 Å². The van der Waals surface area contributed by atoms with Crippen LogP contribution in [0.3, 0.4) is 0 Å². The molecule has 6 nitrogen and oxygen atoms in total. The molecule has 0 spiro atoms. The zero-order valence-electron chi connectivity index (χ0n) is 29.7. The summed E-state index contributed by atoms with van der Waals surface area (Å²) in [5.74, 6) is 1.31. The summed E-state index contributed by atoms with van der Waals surface area (Å²) in [6.07, 6.45) is 0. The van der Waals surface area contributed by atoms with Gasteiger partial charge in [0.2, 0.25) is 5.95 Å². The van der Waals surface area contributed by atoms with Gasteiger partial charge in [0.25, 0.3) is 0 Å². The fraction of sp³-hybridized carbons (Fsp3) is 0. The number of aromatic nitrogens is 5. The highest BCUT2D eigenvalue weighted by Crippen LogP contribution is 2.47. The SMILES string of the molecule is c1ccc2cc3c(cc2c1)c1c2c4ccccc4n4c5ccccc5c(cc1n3-c1nc(-n3c5ccccc5c5ccccc53)c3oc5ccccc5c3n1)c24. The van der Waals surface area contributed by atoms with Crippen molar-refractivity contribution in [2.24, 2.45) is 0 Å². The van der Waals surface area contributed by atoms with Crippen LogP contribution in [0.1, 0.15) is 0 Å². The Bertz CT molecular complexity index is 3960. The lowest BCUT2D eigenvalue weighted by atomic mass is 10.0. The number of nitrogens with zero attached hydrogens (tertiary/aromatic N) is 5. The van der Waals surface area contributed by atoms with Gasteiger partial charge in [-0.2, -0.15) is 4.98 Å². The Hall–Kier alpha value is -7.70. The van der Waals surface area contributed by atoms with Crippen molar-refractivity contribution in [3.8, 4) is 11.8 Å². The summed E-state index contributed by atoms with van der Waals surface area (Å²) in [5, 5.41) is 12.9. The smallest absolute Gasteiger partial charge is 0.237 e. The molecule has 0 radical (unpaired) electrons. The molecule has 0 amide bonds. The molecule has 0 saturated carbocycles. The number of benzene rings is 8. The first-order chi connectivity index (χ1) is 27.8. The van der Waals surface area contributed by atoms with E-state index in [1.54, 1.807) is 0 Å². The maximum Gasteiger partial charge on any atom is 0.237 e. The normalized spacial score (nSPS) is 12.6. The highest BCUT2D eigenvalue weighted by molar-refractivity contribution is 6.36. The van der Waals surface area contributed by atoms with Crippen molar-refractivity contribution in [2.75, 3.05) is 0 Å². The maximum absolute atomic E-state index is 6.73. The number of furan rings is 1. The highest BCUT2D eigenvalue weighted by atomic mass is 16.3. The van der Waals surface area contributed by atoms with Crippen LogP contribution in [0.25, 0.3) is 126 Å². The van der Waals surface area contributed by atoms with Gasteiger partial charge in [0.1, 0.15) is 11.1 Å². The summed E-state index contributed by atoms with van der Waals surface area (Å²) in [6.45, 7) is 0. The molecule has 6 heteroatoms. The summed E-state index contributed by atoms with van der Waals surface area (Å²) in [6, 6.07) is 58.6. The van der Waals surface area contributed by atoms with Crippen molar-refractivity contribution in [1.29, 1.82) is 0 Å². The number of hydrogen-bond donors (Lipinski definition) is 0. The second-order valence-electron chi connectivity index (χ2n) is 15.0. The van der Waals surface area contributed by atoms with Gasteiger partial charge in [0, 0.05) is 48.5 Å². The Morgan fingerprint density at radius 3 is 1.70 bits per heavy atom. The largest absolute Gasteiger partial charge is 0.450 e. The molecule has 0 aliphatic heterocycles. The van der Waals surface area contributed by atoms with Crippen molar-refractivity contribution in [3.05, 3.63) is 164 Å². The van der Waals surface area contributed by atoms with Gasteiger partial charge in [-0.05, 0) is 65.4 Å². The first-order valence-corrected chi connectivity index (χ1v) is 19.0. The van der Waals surface area contributed by atoms with E-state index in [4.69, 9.17) is 14.4 Å². The Labute approximate surface area is 317 Å². The third kappa shape index (κ3) is 3.44. The minimum absolute atomic E-state index is 0.595. The molecular weight excluding hydrogens is 687 g/mol. The van der Waals surface area contributed by atoms with E-state index in [1.165, 1.54) is 54.3 Å². The van der Waals surface area contributed by atoms with E-state index in [0.29, 0.717) is 17.3 Å². The summed E-state index contributed by atoms with van der Waals surface area (Å²) in [7, 11) is 0. The lowest BCUT2D eigenvalue weighted by Gasteiger charge is -2.12. The van der Waals surface area contributed by atoms with E-state index in [0.717, 1.165) is 54.7 Å². The minimum Gasteiger partial charge on any atom is -0.450 e. The van der Waals surface area contributed by atoms with Crippen molar-refractivity contribution in [3.63, 3.8) is 0 Å². The predicted molar refractivity (Wildman–Crippen MR) is 230 cm³/mol. The van der Waals surface area contributed by atoms with Gasteiger partial charge in [-0.25, -0.2) is 4.98 Å². The molecule has 14 rings (SSSR count). The molecule has 8 aromatic carbocycles. The molecule has 0 bridgehead atoms. The molecule has 6 aromatic heterocycles. The lowest BCUT2D eigenvalue weighted by Crippen LogP contribution is -2.06. The molecule has 0 unspecified atom stereocenters. The minimum atomic E-state index is 0.595. The molecule has 56 heavy (non-hydrogen) atoms. The summed E-state index contributed by atoms with van der Waals surface area (Å²) >= 11 is 0. The molecule has 0 saturated heterocycles. The van der Waals surface area contributed by atoms with Crippen molar-refractivity contribution in [1.82, 2.24) is 23.5 Å². The van der Waals surface area contributed by atoms with E-state index in [-0.39, 0.29) is 0 Å². The summed E-state index contributed by atoms with van der Waals surface area (Å²) < 4.78 is 13.7. The van der Waals surface area contributed by atoms with Crippen LogP contribution in [-0.4, -0.2) is 23.5 Å². The molecule has 258 valence electrons. The molecular formula is C50H27N5O. The van der Waals surface area contributed by atoms with E-state index in [1.807, 2.05) is 12.1 Å². The molecule has 14 aromatic rings. The third-order valence-corrected chi connectivity index (χ3v) is 12.1. The van der Waals surface area contributed by atoms with Gasteiger partial charge in [0.15, 0.2) is 11.4 Å². The molecule has 0 aliphatic rings. The van der Waals surface area contributed by atoms with Crippen molar-refractivity contribution in [2.45, 2.75) is 0 Å². The standard InChI is InChI=1S/C50H27N5O/c1-2-14-29-26-41-36(25-28(29)13-1)44-42(27-35-32-17-5-8-20-37(32)53-40-23-11-6-18-33(40)45(44)47(35)53)55(41)50-51-46-34-19-7-12-24-43(34)56-48(46)49(52-50)54-38-21-9-3-15-30(38)31-16-4-10-22-39(31)54/h1-27H. The van der Waals surface area contributed by atoms with Crippen LogP contribution in [0.4, 0.5) is 0 Å².